The molecule has 0 saturated heterocycles. The maximum atomic E-state index is 11.9. The third-order valence-corrected chi connectivity index (χ3v) is 4.26. The third kappa shape index (κ3) is 3.33. The number of benzene rings is 2. The maximum Gasteiger partial charge on any atom is 0.265 e. The van der Waals surface area contributed by atoms with Gasteiger partial charge in [-0.05, 0) is 41.8 Å². The van der Waals surface area contributed by atoms with E-state index in [9.17, 15) is 9.59 Å². The number of rotatable bonds is 3. The minimum Gasteiger partial charge on any atom is -0.387 e. The minimum absolute atomic E-state index is 0.213. The molecule has 0 atom stereocenters. The third-order valence-electron chi connectivity index (χ3n) is 4.26. The van der Waals surface area contributed by atoms with Crippen LogP contribution in [-0.4, -0.2) is 17.6 Å². The van der Waals surface area contributed by atoms with Crippen molar-refractivity contribution in [2.24, 2.45) is 22.3 Å². The number of fused-ring (bicyclic) bond motifs is 1. The second kappa shape index (κ2) is 6.81. The summed E-state index contributed by atoms with van der Waals surface area (Å²) in [6, 6.07) is 11.1. The van der Waals surface area contributed by atoms with Crippen molar-refractivity contribution in [1.29, 1.82) is 0 Å². The summed E-state index contributed by atoms with van der Waals surface area (Å²) in [5, 5.41) is 0. The zero-order valence-electron chi connectivity index (χ0n) is 14.2. The van der Waals surface area contributed by atoms with Crippen molar-refractivity contribution in [2.75, 3.05) is 0 Å². The van der Waals surface area contributed by atoms with E-state index in [0.717, 1.165) is 22.3 Å². The number of primary amides is 1. The van der Waals surface area contributed by atoms with Crippen LogP contribution in [0, 0.1) is 6.92 Å². The Morgan fingerprint density at radius 1 is 1.12 bits per heavy atom. The number of aryl methyl sites for hydroxylation is 1. The highest BCUT2D eigenvalue weighted by atomic mass is 16.2. The lowest BCUT2D eigenvalue weighted by Gasteiger charge is -2.10. The van der Waals surface area contributed by atoms with E-state index in [1.165, 1.54) is 0 Å². The molecule has 3 rings (SSSR count). The lowest BCUT2D eigenvalue weighted by Crippen LogP contribution is -2.30. The van der Waals surface area contributed by atoms with Crippen LogP contribution in [0.25, 0.3) is 17.2 Å². The van der Waals surface area contributed by atoms with Gasteiger partial charge < -0.3 is 11.5 Å². The molecule has 7 N–H and O–H groups in total. The first kappa shape index (κ1) is 17.4. The van der Waals surface area contributed by atoms with Crippen molar-refractivity contribution in [3.05, 3.63) is 58.7 Å². The van der Waals surface area contributed by atoms with Gasteiger partial charge in [-0.3, -0.25) is 15.0 Å². The van der Waals surface area contributed by atoms with Gasteiger partial charge in [0.1, 0.15) is 5.84 Å². The van der Waals surface area contributed by atoms with Gasteiger partial charge in [0.15, 0.2) is 0 Å². The summed E-state index contributed by atoms with van der Waals surface area (Å²) in [4.78, 5) is 27.8. The Morgan fingerprint density at radius 3 is 2.50 bits per heavy atom. The molecule has 7 heteroatoms. The second-order valence-electron chi connectivity index (χ2n) is 6.09. The van der Waals surface area contributed by atoms with Crippen LogP contribution in [0.15, 0.2) is 47.0 Å². The predicted molar refractivity (Wildman–Crippen MR) is 101 cm³/mol. The van der Waals surface area contributed by atoms with Gasteiger partial charge in [-0.2, -0.15) is 0 Å². The van der Waals surface area contributed by atoms with E-state index in [0.29, 0.717) is 22.7 Å². The number of aliphatic imine (C=N–C) groups is 1. The molecule has 0 saturated carbocycles. The number of nitrogens with zero attached hydrogens (tertiary/aromatic N) is 1. The Morgan fingerprint density at radius 2 is 1.81 bits per heavy atom. The van der Waals surface area contributed by atoms with Crippen molar-refractivity contribution >= 4 is 29.4 Å². The van der Waals surface area contributed by atoms with Crippen molar-refractivity contribution in [1.82, 2.24) is 5.43 Å². The van der Waals surface area contributed by atoms with Crippen LogP contribution in [0.5, 0.6) is 0 Å². The standard InChI is InChI=1S/C19H19N5O2/c1-10-2-3-11(7-15(10)19(26)24-22)12-4-5-13-6-14(18(21)25)9-17(20)23-16(13)8-12/h2-8H,9,22H2,1H3,(H2,20,23)(H2,21,25)(H,24,26). The fourth-order valence-corrected chi connectivity index (χ4v) is 2.85. The van der Waals surface area contributed by atoms with Crippen LogP contribution < -0.4 is 22.7 Å². The van der Waals surface area contributed by atoms with Gasteiger partial charge in [0.25, 0.3) is 5.91 Å². The Kier molecular flexibility index (Phi) is 4.55. The molecule has 1 heterocycles. The molecule has 0 fully saturated rings. The first-order chi connectivity index (χ1) is 12.4. The number of amides is 2. The summed E-state index contributed by atoms with van der Waals surface area (Å²) in [6.07, 6.45) is 1.91. The highest BCUT2D eigenvalue weighted by Gasteiger charge is 2.15. The number of nitrogens with two attached hydrogens (primary N) is 3. The second-order valence-corrected chi connectivity index (χ2v) is 6.09. The van der Waals surface area contributed by atoms with E-state index in [4.69, 9.17) is 17.3 Å². The Bertz CT molecular complexity index is 976. The van der Waals surface area contributed by atoms with Crippen LogP contribution in [0.3, 0.4) is 0 Å². The molecule has 0 unspecified atom stereocenters. The molecule has 0 aromatic heterocycles. The van der Waals surface area contributed by atoms with Crippen molar-refractivity contribution < 1.29 is 9.59 Å². The molecular weight excluding hydrogens is 330 g/mol. The molecule has 132 valence electrons. The Balaban J connectivity index is 2.09. The maximum absolute atomic E-state index is 11.9. The lowest BCUT2D eigenvalue weighted by atomic mass is 9.97. The summed E-state index contributed by atoms with van der Waals surface area (Å²) in [6.45, 7) is 1.84. The number of nitrogens with one attached hydrogen (secondary N) is 1. The molecule has 0 spiro atoms. The van der Waals surface area contributed by atoms with E-state index in [2.05, 4.69) is 10.4 Å². The van der Waals surface area contributed by atoms with Gasteiger partial charge >= 0.3 is 0 Å². The number of carbonyl (C=O) groups is 2. The minimum atomic E-state index is -0.518. The van der Waals surface area contributed by atoms with Crippen molar-refractivity contribution in [2.45, 2.75) is 13.3 Å². The topological polar surface area (TPSA) is 137 Å². The van der Waals surface area contributed by atoms with E-state index >= 15 is 0 Å². The van der Waals surface area contributed by atoms with Gasteiger partial charge in [0, 0.05) is 23.1 Å². The fourth-order valence-electron chi connectivity index (χ4n) is 2.85. The quantitative estimate of drug-likeness (QED) is 0.379. The SMILES string of the molecule is Cc1ccc(-c2ccc3c(c2)N=C(N)CC(C(N)=O)=C3)cc1C(=O)NN. The van der Waals surface area contributed by atoms with Gasteiger partial charge in [-0.1, -0.05) is 24.3 Å². The van der Waals surface area contributed by atoms with Gasteiger partial charge in [-0.25, -0.2) is 10.8 Å². The summed E-state index contributed by atoms with van der Waals surface area (Å²) in [7, 11) is 0. The lowest BCUT2D eigenvalue weighted by molar-refractivity contribution is -0.114. The van der Waals surface area contributed by atoms with Crippen LogP contribution in [0.2, 0.25) is 0 Å². The monoisotopic (exact) mass is 349 g/mol. The Hall–Kier alpha value is -3.45. The molecule has 7 nitrogen and oxygen atoms in total. The number of nitrogen functional groups attached to an aromatic ring is 1. The summed E-state index contributed by atoms with van der Waals surface area (Å²) >= 11 is 0. The zero-order chi connectivity index (χ0) is 18.8. The highest BCUT2D eigenvalue weighted by Crippen LogP contribution is 2.32. The van der Waals surface area contributed by atoms with E-state index < -0.39 is 5.91 Å². The number of hydrogen-bond acceptors (Lipinski definition) is 5. The van der Waals surface area contributed by atoms with Gasteiger partial charge in [0.05, 0.1) is 5.69 Å². The van der Waals surface area contributed by atoms with Crippen LogP contribution in [0.1, 0.15) is 27.9 Å². The molecule has 0 bridgehead atoms. The average Bonchev–Trinajstić information content (AvgIpc) is 2.78. The molecule has 2 aromatic carbocycles. The van der Waals surface area contributed by atoms with Gasteiger partial charge in [0.2, 0.25) is 5.91 Å². The fraction of sp³-hybridized carbons (Fsp3) is 0.105. The summed E-state index contributed by atoms with van der Waals surface area (Å²) in [5.41, 5.74) is 18.3. The summed E-state index contributed by atoms with van der Waals surface area (Å²) in [5.74, 6) is 4.70. The van der Waals surface area contributed by atoms with Gasteiger partial charge in [-0.15, -0.1) is 0 Å². The number of carbonyl (C=O) groups excluding carboxylic acids is 2. The molecule has 1 aliphatic heterocycles. The molecule has 2 amide bonds. The molecule has 26 heavy (non-hydrogen) atoms. The average molecular weight is 349 g/mol. The predicted octanol–water partition coefficient (Wildman–Crippen LogP) is 1.53. The number of hydrogen-bond donors (Lipinski definition) is 4. The summed E-state index contributed by atoms with van der Waals surface area (Å²) < 4.78 is 0. The van der Waals surface area contributed by atoms with Crippen LogP contribution >= 0.6 is 0 Å². The molecule has 2 aromatic rings. The molecular formula is C19H19N5O2. The first-order valence-corrected chi connectivity index (χ1v) is 7.98. The van der Waals surface area contributed by atoms with E-state index in [1.54, 1.807) is 12.1 Å². The van der Waals surface area contributed by atoms with Crippen molar-refractivity contribution in [3.63, 3.8) is 0 Å². The number of amidine groups is 1. The van der Waals surface area contributed by atoms with E-state index in [1.807, 2.05) is 37.3 Å². The normalized spacial score (nSPS) is 13.2. The Labute approximate surface area is 150 Å². The largest absolute Gasteiger partial charge is 0.387 e. The molecule has 0 aliphatic carbocycles. The van der Waals surface area contributed by atoms with Crippen molar-refractivity contribution in [3.8, 4) is 11.1 Å². The molecule has 0 radical (unpaired) electrons. The number of hydrazine groups is 1. The van der Waals surface area contributed by atoms with Crippen LogP contribution in [0.4, 0.5) is 5.69 Å². The zero-order valence-corrected chi connectivity index (χ0v) is 14.2. The van der Waals surface area contributed by atoms with Crippen LogP contribution in [-0.2, 0) is 4.79 Å². The molecule has 1 aliphatic rings. The first-order valence-electron chi connectivity index (χ1n) is 7.98. The van der Waals surface area contributed by atoms with E-state index in [-0.39, 0.29) is 12.3 Å². The smallest absolute Gasteiger partial charge is 0.265 e. The highest BCUT2D eigenvalue weighted by molar-refractivity contribution is 6.05.